The number of carbonyl (C=O) groups excluding carboxylic acids is 2. The molecule has 0 unspecified atom stereocenters. The zero-order valence-electron chi connectivity index (χ0n) is 12.5. The van der Waals surface area contributed by atoms with Crippen molar-refractivity contribution in [3.8, 4) is 0 Å². The number of amides is 3. The highest BCUT2D eigenvalue weighted by molar-refractivity contribution is 6.30. The van der Waals surface area contributed by atoms with Gasteiger partial charge in [-0.15, -0.1) is 0 Å². The van der Waals surface area contributed by atoms with Crippen molar-refractivity contribution in [2.24, 2.45) is 5.73 Å². The molecule has 0 spiro atoms. The van der Waals surface area contributed by atoms with E-state index in [2.05, 4.69) is 16.0 Å². The molecule has 2 rings (SSSR count). The van der Waals surface area contributed by atoms with Crippen molar-refractivity contribution in [1.82, 2.24) is 0 Å². The molecule has 7 heteroatoms. The molecular weight excluding hydrogens is 316 g/mol. The Morgan fingerprint density at radius 2 is 1.61 bits per heavy atom. The number of hydrogen-bond donors (Lipinski definition) is 4. The van der Waals surface area contributed by atoms with Crippen LogP contribution in [0, 0.1) is 6.92 Å². The summed E-state index contributed by atoms with van der Waals surface area (Å²) in [7, 11) is 0. The van der Waals surface area contributed by atoms with Gasteiger partial charge in [-0.25, -0.2) is 4.79 Å². The second-order valence-electron chi connectivity index (χ2n) is 4.87. The van der Waals surface area contributed by atoms with Crippen molar-refractivity contribution in [3.63, 3.8) is 0 Å². The minimum Gasteiger partial charge on any atom is -0.325 e. The first-order chi connectivity index (χ1) is 11.0. The number of nitrogens with two attached hydrogens (primary N) is 1. The Morgan fingerprint density at radius 1 is 1.00 bits per heavy atom. The van der Waals surface area contributed by atoms with Crippen LogP contribution in [0.5, 0.6) is 0 Å². The molecule has 0 radical (unpaired) electrons. The van der Waals surface area contributed by atoms with Crippen LogP contribution >= 0.6 is 11.6 Å². The summed E-state index contributed by atoms with van der Waals surface area (Å²) in [6.07, 6.45) is 0. The maximum Gasteiger partial charge on any atom is 0.323 e. The number of aryl methyl sites for hydroxylation is 1. The van der Waals surface area contributed by atoms with Crippen LogP contribution in [0.2, 0.25) is 5.02 Å². The lowest BCUT2D eigenvalue weighted by molar-refractivity contribution is -0.114. The van der Waals surface area contributed by atoms with Gasteiger partial charge in [-0.05, 0) is 48.9 Å². The van der Waals surface area contributed by atoms with Crippen molar-refractivity contribution in [2.45, 2.75) is 6.92 Å². The van der Waals surface area contributed by atoms with E-state index < -0.39 is 6.03 Å². The zero-order chi connectivity index (χ0) is 16.8. The summed E-state index contributed by atoms with van der Waals surface area (Å²) in [6, 6.07) is 11.6. The molecule has 0 bridgehead atoms. The van der Waals surface area contributed by atoms with Crippen LogP contribution in [-0.2, 0) is 4.79 Å². The highest BCUT2D eigenvalue weighted by atomic mass is 35.5. The first-order valence-corrected chi connectivity index (χ1v) is 7.30. The monoisotopic (exact) mass is 332 g/mol. The third kappa shape index (κ3) is 4.98. The maximum atomic E-state index is 12.0. The molecule has 0 aliphatic rings. The third-order valence-electron chi connectivity index (χ3n) is 3.06. The standard InChI is InChI=1S/C16H17ClN4O2/c1-10-2-5-13(8-14(10)21-15(22)9-18)20-16(23)19-12-6-3-11(17)4-7-12/h2-8H,9,18H2,1H3,(H,21,22)(H2,19,20,23). The van der Waals surface area contributed by atoms with Gasteiger partial charge in [0, 0.05) is 22.1 Å². The number of hydrogen-bond acceptors (Lipinski definition) is 3. The fourth-order valence-corrected chi connectivity index (χ4v) is 1.99. The fraction of sp³-hybridized carbons (Fsp3) is 0.125. The average molecular weight is 333 g/mol. The van der Waals surface area contributed by atoms with Gasteiger partial charge in [0.2, 0.25) is 5.91 Å². The van der Waals surface area contributed by atoms with Crippen molar-refractivity contribution < 1.29 is 9.59 Å². The van der Waals surface area contributed by atoms with E-state index in [1.54, 1.807) is 42.5 Å². The highest BCUT2D eigenvalue weighted by Crippen LogP contribution is 2.20. The van der Waals surface area contributed by atoms with Gasteiger partial charge in [0.25, 0.3) is 0 Å². The van der Waals surface area contributed by atoms with Crippen LogP contribution in [0.25, 0.3) is 0 Å². The Hall–Kier alpha value is -2.57. The lowest BCUT2D eigenvalue weighted by atomic mass is 10.2. The van der Waals surface area contributed by atoms with Crippen LogP contribution in [0.3, 0.4) is 0 Å². The van der Waals surface area contributed by atoms with Crippen molar-refractivity contribution in [2.75, 3.05) is 22.5 Å². The number of anilines is 3. The van der Waals surface area contributed by atoms with E-state index in [1.165, 1.54) is 0 Å². The zero-order valence-corrected chi connectivity index (χ0v) is 13.3. The van der Waals surface area contributed by atoms with Gasteiger partial charge in [0.1, 0.15) is 0 Å². The van der Waals surface area contributed by atoms with E-state index in [4.69, 9.17) is 17.3 Å². The maximum absolute atomic E-state index is 12.0. The second kappa shape index (κ2) is 7.62. The number of rotatable bonds is 4. The Kier molecular flexibility index (Phi) is 5.56. The molecule has 0 aliphatic heterocycles. The molecule has 0 heterocycles. The SMILES string of the molecule is Cc1ccc(NC(=O)Nc2ccc(Cl)cc2)cc1NC(=O)CN. The normalized spacial score (nSPS) is 10.0. The average Bonchev–Trinajstić information content (AvgIpc) is 2.52. The molecule has 0 saturated carbocycles. The van der Waals surface area contributed by atoms with E-state index in [1.807, 2.05) is 6.92 Å². The summed E-state index contributed by atoms with van der Waals surface area (Å²) in [5.41, 5.74) is 7.93. The minimum atomic E-state index is -0.396. The number of halogens is 1. The summed E-state index contributed by atoms with van der Waals surface area (Å²) >= 11 is 5.79. The van der Waals surface area contributed by atoms with E-state index in [0.717, 1.165) is 5.56 Å². The molecule has 0 fully saturated rings. The van der Waals surface area contributed by atoms with Gasteiger partial charge in [-0.2, -0.15) is 0 Å². The van der Waals surface area contributed by atoms with Gasteiger partial charge in [0.15, 0.2) is 0 Å². The predicted octanol–water partition coefficient (Wildman–Crippen LogP) is 3.19. The largest absolute Gasteiger partial charge is 0.325 e. The van der Waals surface area contributed by atoms with E-state index in [9.17, 15) is 9.59 Å². The molecule has 2 aromatic carbocycles. The number of carbonyl (C=O) groups is 2. The third-order valence-corrected chi connectivity index (χ3v) is 3.31. The van der Waals surface area contributed by atoms with Gasteiger partial charge in [-0.1, -0.05) is 17.7 Å². The topological polar surface area (TPSA) is 96.2 Å². The molecule has 2 aromatic rings. The van der Waals surface area contributed by atoms with Crippen molar-refractivity contribution >= 4 is 40.6 Å². The van der Waals surface area contributed by atoms with E-state index in [-0.39, 0.29) is 12.5 Å². The summed E-state index contributed by atoms with van der Waals surface area (Å²) in [6.45, 7) is 1.75. The molecule has 0 saturated heterocycles. The molecule has 6 nitrogen and oxygen atoms in total. The van der Waals surface area contributed by atoms with Crippen LogP contribution in [-0.4, -0.2) is 18.5 Å². The molecule has 3 amide bonds. The Bertz CT molecular complexity index is 717. The fourth-order valence-electron chi connectivity index (χ4n) is 1.86. The summed E-state index contributed by atoms with van der Waals surface area (Å²) in [4.78, 5) is 23.4. The highest BCUT2D eigenvalue weighted by Gasteiger charge is 2.07. The summed E-state index contributed by atoms with van der Waals surface area (Å²) in [5, 5.41) is 8.66. The lowest BCUT2D eigenvalue weighted by Crippen LogP contribution is -2.23. The number of benzene rings is 2. The van der Waals surface area contributed by atoms with Gasteiger partial charge < -0.3 is 21.7 Å². The van der Waals surface area contributed by atoms with Crippen molar-refractivity contribution in [1.29, 1.82) is 0 Å². The summed E-state index contributed by atoms with van der Waals surface area (Å²) < 4.78 is 0. The van der Waals surface area contributed by atoms with Gasteiger partial charge in [-0.3, -0.25) is 4.79 Å². The molecule has 0 atom stereocenters. The van der Waals surface area contributed by atoms with Crippen LogP contribution in [0.4, 0.5) is 21.9 Å². The Labute approximate surface area is 139 Å². The van der Waals surface area contributed by atoms with Crippen LogP contribution in [0.1, 0.15) is 5.56 Å². The van der Waals surface area contributed by atoms with Crippen molar-refractivity contribution in [3.05, 3.63) is 53.1 Å². The first-order valence-electron chi connectivity index (χ1n) is 6.92. The van der Waals surface area contributed by atoms with Gasteiger partial charge >= 0.3 is 6.03 Å². The Balaban J connectivity index is 2.04. The number of urea groups is 1. The second-order valence-corrected chi connectivity index (χ2v) is 5.30. The molecule has 5 N–H and O–H groups in total. The molecule has 120 valence electrons. The Morgan fingerprint density at radius 3 is 2.26 bits per heavy atom. The van der Waals surface area contributed by atoms with Crippen LogP contribution < -0.4 is 21.7 Å². The minimum absolute atomic E-state index is 0.103. The van der Waals surface area contributed by atoms with Crippen LogP contribution in [0.15, 0.2) is 42.5 Å². The van der Waals surface area contributed by atoms with Gasteiger partial charge in [0.05, 0.1) is 6.54 Å². The first kappa shape index (κ1) is 16.8. The van der Waals surface area contributed by atoms with E-state index in [0.29, 0.717) is 22.1 Å². The predicted molar refractivity (Wildman–Crippen MR) is 93.0 cm³/mol. The molecule has 23 heavy (non-hydrogen) atoms. The lowest BCUT2D eigenvalue weighted by Gasteiger charge is -2.12. The molecule has 0 aromatic heterocycles. The quantitative estimate of drug-likeness (QED) is 0.692. The van der Waals surface area contributed by atoms with E-state index >= 15 is 0 Å². The molecular formula is C16H17ClN4O2. The summed E-state index contributed by atoms with van der Waals surface area (Å²) in [5.74, 6) is -0.295. The smallest absolute Gasteiger partial charge is 0.323 e. The number of nitrogens with one attached hydrogen (secondary N) is 3. The molecule has 0 aliphatic carbocycles.